The van der Waals surface area contributed by atoms with E-state index in [1.54, 1.807) is 0 Å². The van der Waals surface area contributed by atoms with Crippen molar-refractivity contribution in [3.05, 3.63) is 35.9 Å². The van der Waals surface area contributed by atoms with Gasteiger partial charge >= 0.3 is 0 Å². The lowest BCUT2D eigenvalue weighted by atomic mass is 9.79. The minimum atomic E-state index is -0.0711. The van der Waals surface area contributed by atoms with Gasteiger partial charge in [-0.2, -0.15) is 0 Å². The van der Waals surface area contributed by atoms with Crippen molar-refractivity contribution in [1.82, 2.24) is 0 Å². The topological polar surface area (TPSA) is 43.1 Å². The monoisotopic (exact) mass is 189 g/mol. The Morgan fingerprint density at radius 1 is 1.29 bits per heavy atom. The first kappa shape index (κ1) is 9.41. The third-order valence-electron chi connectivity index (χ3n) is 3.19. The Morgan fingerprint density at radius 2 is 2.00 bits per heavy atom. The first-order valence-electron chi connectivity index (χ1n) is 5.04. The normalized spacial score (nSPS) is 26.8. The van der Waals surface area contributed by atoms with E-state index >= 15 is 0 Å². The summed E-state index contributed by atoms with van der Waals surface area (Å²) >= 11 is 0. The largest absolute Gasteiger partial charge is 0.330 e. The van der Waals surface area contributed by atoms with E-state index in [9.17, 15) is 4.79 Å². The molecule has 1 aromatic rings. The molecular formula is C12H15NO. The number of hydrogen-bond acceptors (Lipinski definition) is 2. The third kappa shape index (κ3) is 1.46. The molecule has 1 atom stereocenters. The van der Waals surface area contributed by atoms with Crippen molar-refractivity contribution >= 4 is 5.78 Å². The first-order chi connectivity index (χ1) is 6.77. The zero-order chi connectivity index (χ0) is 10.0. The number of carbonyl (C=O) groups excluding carboxylic acids is 1. The van der Waals surface area contributed by atoms with Crippen LogP contribution in [0, 0.1) is 0 Å². The summed E-state index contributed by atoms with van der Waals surface area (Å²) in [6, 6.07) is 10.2. The molecule has 0 aliphatic heterocycles. The van der Waals surface area contributed by atoms with Crippen molar-refractivity contribution in [3.8, 4) is 0 Å². The fourth-order valence-electron chi connectivity index (χ4n) is 2.26. The molecule has 1 fully saturated rings. The van der Waals surface area contributed by atoms with Crippen LogP contribution in [0.4, 0.5) is 0 Å². The molecule has 2 nitrogen and oxygen atoms in total. The average Bonchev–Trinajstić information content (AvgIpc) is 2.63. The number of rotatable bonds is 2. The fraction of sp³-hybridized carbons (Fsp3) is 0.417. The molecule has 1 aliphatic carbocycles. The summed E-state index contributed by atoms with van der Waals surface area (Å²) in [6.45, 7) is 0.572. The average molecular weight is 189 g/mol. The number of ketones is 1. The van der Waals surface area contributed by atoms with Crippen LogP contribution in [0.3, 0.4) is 0 Å². The van der Waals surface area contributed by atoms with Crippen molar-refractivity contribution in [2.75, 3.05) is 6.54 Å². The van der Waals surface area contributed by atoms with Crippen LogP contribution in [0.2, 0.25) is 0 Å². The molecule has 14 heavy (non-hydrogen) atoms. The van der Waals surface area contributed by atoms with E-state index in [1.807, 2.05) is 18.2 Å². The Labute approximate surface area is 84.1 Å². The highest BCUT2D eigenvalue weighted by atomic mass is 16.1. The Bertz CT molecular complexity index is 333. The van der Waals surface area contributed by atoms with Crippen LogP contribution >= 0.6 is 0 Å². The van der Waals surface area contributed by atoms with Gasteiger partial charge in [0.1, 0.15) is 5.78 Å². The van der Waals surface area contributed by atoms with Gasteiger partial charge in [0, 0.05) is 24.8 Å². The van der Waals surface area contributed by atoms with Gasteiger partial charge in [0.15, 0.2) is 0 Å². The molecular weight excluding hydrogens is 174 g/mol. The van der Waals surface area contributed by atoms with Gasteiger partial charge in [-0.1, -0.05) is 30.3 Å². The highest BCUT2D eigenvalue weighted by Gasteiger charge is 2.38. The van der Waals surface area contributed by atoms with E-state index in [2.05, 4.69) is 12.1 Å². The van der Waals surface area contributed by atoms with E-state index in [0.717, 1.165) is 6.42 Å². The first-order valence-corrected chi connectivity index (χ1v) is 5.04. The summed E-state index contributed by atoms with van der Waals surface area (Å²) in [5.41, 5.74) is 6.96. The van der Waals surface area contributed by atoms with E-state index in [4.69, 9.17) is 5.73 Å². The molecule has 0 radical (unpaired) electrons. The minimum Gasteiger partial charge on any atom is -0.330 e. The van der Waals surface area contributed by atoms with Gasteiger partial charge in [-0.3, -0.25) is 4.79 Å². The summed E-state index contributed by atoms with van der Waals surface area (Å²) in [5.74, 6) is 0.347. The van der Waals surface area contributed by atoms with Gasteiger partial charge in [-0.25, -0.2) is 0 Å². The molecule has 0 saturated heterocycles. The zero-order valence-corrected chi connectivity index (χ0v) is 8.20. The van der Waals surface area contributed by atoms with Crippen LogP contribution in [0.5, 0.6) is 0 Å². The summed E-state index contributed by atoms with van der Waals surface area (Å²) in [7, 11) is 0. The summed E-state index contributed by atoms with van der Waals surface area (Å²) in [6.07, 6.45) is 2.21. The maximum atomic E-state index is 11.3. The van der Waals surface area contributed by atoms with Crippen LogP contribution in [-0.4, -0.2) is 12.3 Å². The van der Waals surface area contributed by atoms with Crippen molar-refractivity contribution < 1.29 is 4.79 Å². The van der Waals surface area contributed by atoms with Gasteiger partial charge in [-0.15, -0.1) is 0 Å². The van der Waals surface area contributed by atoms with Crippen molar-refractivity contribution in [3.63, 3.8) is 0 Å². The molecule has 1 aliphatic rings. The van der Waals surface area contributed by atoms with Gasteiger partial charge in [-0.05, 0) is 12.0 Å². The number of benzene rings is 1. The zero-order valence-electron chi connectivity index (χ0n) is 8.20. The molecule has 1 aromatic carbocycles. The van der Waals surface area contributed by atoms with E-state index in [1.165, 1.54) is 5.56 Å². The van der Waals surface area contributed by atoms with Crippen LogP contribution < -0.4 is 5.73 Å². The molecule has 1 unspecified atom stereocenters. The standard InChI is InChI=1S/C12H15NO/c13-9-12(7-6-11(14)8-12)10-4-2-1-3-5-10/h1-5H,6-9,13H2. The second-order valence-electron chi connectivity index (χ2n) is 4.07. The lowest BCUT2D eigenvalue weighted by Gasteiger charge is -2.26. The molecule has 74 valence electrons. The SMILES string of the molecule is NCC1(c2ccccc2)CCC(=O)C1. The molecule has 0 amide bonds. The van der Waals surface area contributed by atoms with Crippen LogP contribution in [0.15, 0.2) is 30.3 Å². The lowest BCUT2D eigenvalue weighted by Crippen LogP contribution is -2.32. The molecule has 0 spiro atoms. The van der Waals surface area contributed by atoms with E-state index < -0.39 is 0 Å². The third-order valence-corrected chi connectivity index (χ3v) is 3.19. The summed E-state index contributed by atoms with van der Waals surface area (Å²) in [5, 5.41) is 0. The number of hydrogen-bond donors (Lipinski definition) is 1. The predicted octanol–water partition coefficient (Wildman–Crippen LogP) is 1.64. The number of carbonyl (C=O) groups is 1. The Balaban J connectivity index is 2.34. The molecule has 2 rings (SSSR count). The Kier molecular flexibility index (Phi) is 2.38. The second kappa shape index (κ2) is 3.54. The van der Waals surface area contributed by atoms with Crippen LogP contribution in [0.1, 0.15) is 24.8 Å². The smallest absolute Gasteiger partial charge is 0.133 e. The van der Waals surface area contributed by atoms with Crippen LogP contribution in [-0.2, 0) is 10.2 Å². The molecule has 2 N–H and O–H groups in total. The molecule has 2 heteroatoms. The van der Waals surface area contributed by atoms with E-state index in [0.29, 0.717) is 25.2 Å². The lowest BCUT2D eigenvalue weighted by molar-refractivity contribution is -0.117. The predicted molar refractivity (Wildman–Crippen MR) is 56.0 cm³/mol. The van der Waals surface area contributed by atoms with Crippen LogP contribution in [0.25, 0.3) is 0 Å². The fourth-order valence-corrected chi connectivity index (χ4v) is 2.26. The minimum absolute atomic E-state index is 0.0711. The van der Waals surface area contributed by atoms with Crippen molar-refractivity contribution in [2.24, 2.45) is 5.73 Å². The molecule has 0 heterocycles. The molecule has 1 saturated carbocycles. The molecule has 0 aromatic heterocycles. The number of nitrogens with two attached hydrogens (primary N) is 1. The van der Waals surface area contributed by atoms with Gasteiger partial charge in [0.25, 0.3) is 0 Å². The van der Waals surface area contributed by atoms with Gasteiger partial charge in [0.2, 0.25) is 0 Å². The number of Topliss-reactive ketones (excluding diaryl/α,β-unsaturated/α-hetero) is 1. The van der Waals surface area contributed by atoms with Gasteiger partial charge in [0.05, 0.1) is 0 Å². The highest BCUT2D eigenvalue weighted by molar-refractivity contribution is 5.82. The van der Waals surface area contributed by atoms with E-state index in [-0.39, 0.29) is 5.41 Å². The maximum absolute atomic E-state index is 11.3. The van der Waals surface area contributed by atoms with Crippen molar-refractivity contribution in [1.29, 1.82) is 0 Å². The Morgan fingerprint density at radius 3 is 2.50 bits per heavy atom. The Hall–Kier alpha value is -1.15. The summed E-state index contributed by atoms with van der Waals surface area (Å²) in [4.78, 5) is 11.3. The second-order valence-corrected chi connectivity index (χ2v) is 4.07. The van der Waals surface area contributed by atoms with Crippen molar-refractivity contribution in [2.45, 2.75) is 24.7 Å². The quantitative estimate of drug-likeness (QED) is 0.768. The highest BCUT2D eigenvalue weighted by Crippen LogP contribution is 2.38. The van der Waals surface area contributed by atoms with Gasteiger partial charge < -0.3 is 5.73 Å². The summed E-state index contributed by atoms with van der Waals surface area (Å²) < 4.78 is 0. The maximum Gasteiger partial charge on any atom is 0.133 e. The molecule has 0 bridgehead atoms.